The number of benzene rings is 1. The molecule has 6 heteroatoms. The molecule has 1 aromatic rings. The lowest BCUT2D eigenvalue weighted by Crippen LogP contribution is -2.40. The lowest BCUT2D eigenvalue weighted by Gasteiger charge is -2.26. The summed E-state index contributed by atoms with van der Waals surface area (Å²) in [6.07, 6.45) is 3.29. The Balaban J connectivity index is 1.83. The van der Waals surface area contributed by atoms with Gasteiger partial charge in [0, 0.05) is 25.2 Å². The van der Waals surface area contributed by atoms with Crippen LogP contribution in [0.4, 0.5) is 0 Å². The van der Waals surface area contributed by atoms with E-state index < -0.39 is 5.75 Å². The van der Waals surface area contributed by atoms with Crippen molar-refractivity contribution in [1.82, 2.24) is 10.2 Å². The molecule has 0 spiro atoms. The number of carbonyl (C=O) groups is 1. The van der Waals surface area contributed by atoms with Gasteiger partial charge in [-0.3, -0.25) is 4.79 Å². The zero-order chi connectivity index (χ0) is 14.5. The minimum absolute atomic E-state index is 0.0483. The summed E-state index contributed by atoms with van der Waals surface area (Å²) in [6.45, 7) is 2.07. The number of piperidine rings is 1. The van der Waals surface area contributed by atoms with E-state index in [-0.39, 0.29) is 30.5 Å². The second-order valence-electron chi connectivity index (χ2n) is 4.99. The van der Waals surface area contributed by atoms with E-state index >= 15 is 0 Å². The van der Waals surface area contributed by atoms with Crippen LogP contribution in [0.1, 0.15) is 24.8 Å². The van der Waals surface area contributed by atoms with Crippen molar-refractivity contribution in [2.45, 2.75) is 25.8 Å². The molecule has 1 fully saturated rings. The molecule has 1 aliphatic rings. The standard InChI is InChI=1S/C14H20N2O4/c17-11-5-4-10(13(19)14(11)20)8-15-9-12(18)16-6-2-1-3-7-16/h4-5,15,17,19-20H,1-3,6-9H2. The molecule has 0 aliphatic carbocycles. The number of rotatable bonds is 4. The summed E-state index contributed by atoms with van der Waals surface area (Å²) in [5, 5.41) is 31.2. The molecule has 20 heavy (non-hydrogen) atoms. The monoisotopic (exact) mass is 280 g/mol. The Morgan fingerprint density at radius 3 is 2.50 bits per heavy atom. The number of phenols is 3. The van der Waals surface area contributed by atoms with Crippen molar-refractivity contribution in [3.05, 3.63) is 17.7 Å². The lowest BCUT2D eigenvalue weighted by atomic mass is 10.1. The fourth-order valence-electron chi connectivity index (χ4n) is 2.31. The van der Waals surface area contributed by atoms with Crippen molar-refractivity contribution in [2.75, 3.05) is 19.6 Å². The van der Waals surface area contributed by atoms with E-state index in [1.54, 1.807) is 0 Å². The maximum absolute atomic E-state index is 11.9. The number of nitrogens with one attached hydrogen (secondary N) is 1. The van der Waals surface area contributed by atoms with E-state index in [0.717, 1.165) is 25.9 Å². The molecule has 0 unspecified atom stereocenters. The predicted octanol–water partition coefficient (Wildman–Crippen LogP) is 0.905. The first kappa shape index (κ1) is 14.5. The van der Waals surface area contributed by atoms with Gasteiger partial charge in [-0.25, -0.2) is 0 Å². The Kier molecular flexibility index (Phi) is 4.68. The van der Waals surface area contributed by atoms with Gasteiger partial charge in [0.1, 0.15) is 0 Å². The summed E-state index contributed by atoms with van der Waals surface area (Å²) >= 11 is 0. The van der Waals surface area contributed by atoms with Gasteiger partial charge in [0.05, 0.1) is 6.54 Å². The number of hydrogen-bond acceptors (Lipinski definition) is 5. The number of aromatic hydroxyl groups is 3. The minimum atomic E-state index is -0.536. The molecule has 0 saturated carbocycles. The SMILES string of the molecule is O=C(CNCc1ccc(O)c(O)c1O)N1CCCCC1. The van der Waals surface area contributed by atoms with Gasteiger partial charge in [-0.1, -0.05) is 6.07 Å². The van der Waals surface area contributed by atoms with Crippen LogP contribution in [0.2, 0.25) is 0 Å². The molecular weight excluding hydrogens is 260 g/mol. The second-order valence-corrected chi connectivity index (χ2v) is 4.99. The first-order chi connectivity index (χ1) is 9.59. The normalized spacial score (nSPS) is 15.3. The van der Waals surface area contributed by atoms with Crippen LogP contribution in [-0.2, 0) is 11.3 Å². The molecule has 1 amide bonds. The molecule has 1 aliphatic heterocycles. The summed E-state index contributed by atoms with van der Waals surface area (Å²) < 4.78 is 0. The molecule has 2 rings (SSSR count). The zero-order valence-electron chi connectivity index (χ0n) is 11.3. The van der Waals surface area contributed by atoms with Gasteiger partial charge >= 0.3 is 0 Å². The average molecular weight is 280 g/mol. The highest BCUT2D eigenvalue weighted by molar-refractivity contribution is 5.78. The first-order valence-electron chi connectivity index (χ1n) is 6.81. The van der Waals surface area contributed by atoms with E-state index in [1.165, 1.54) is 18.6 Å². The fraction of sp³-hybridized carbons (Fsp3) is 0.500. The number of nitrogens with zero attached hydrogens (tertiary/aromatic N) is 1. The molecule has 6 nitrogen and oxygen atoms in total. The number of likely N-dealkylation sites (tertiary alicyclic amines) is 1. The Morgan fingerprint density at radius 2 is 1.80 bits per heavy atom. The van der Waals surface area contributed by atoms with Gasteiger partial charge in [0.15, 0.2) is 11.5 Å². The Hall–Kier alpha value is -1.95. The summed E-state index contributed by atoms with van der Waals surface area (Å²) in [4.78, 5) is 13.7. The predicted molar refractivity (Wildman–Crippen MR) is 73.6 cm³/mol. The summed E-state index contributed by atoms with van der Waals surface area (Å²) in [5.41, 5.74) is 0.437. The zero-order valence-corrected chi connectivity index (χ0v) is 11.3. The number of hydrogen-bond donors (Lipinski definition) is 4. The third-order valence-electron chi connectivity index (χ3n) is 3.51. The molecular formula is C14H20N2O4. The van der Waals surface area contributed by atoms with Crippen LogP contribution in [0.3, 0.4) is 0 Å². The summed E-state index contributed by atoms with van der Waals surface area (Å²) in [6, 6.07) is 2.81. The Bertz CT molecular complexity index is 484. The highest BCUT2D eigenvalue weighted by atomic mass is 16.3. The number of phenolic OH excluding ortho intramolecular Hbond substituents is 3. The topological polar surface area (TPSA) is 93.0 Å². The van der Waals surface area contributed by atoms with E-state index in [4.69, 9.17) is 0 Å². The van der Waals surface area contributed by atoms with Crippen molar-refractivity contribution in [2.24, 2.45) is 0 Å². The first-order valence-corrected chi connectivity index (χ1v) is 6.81. The van der Waals surface area contributed by atoms with Crippen molar-refractivity contribution in [1.29, 1.82) is 0 Å². The molecule has 1 aromatic carbocycles. The molecule has 0 radical (unpaired) electrons. The van der Waals surface area contributed by atoms with Crippen LogP contribution in [-0.4, -0.2) is 45.8 Å². The van der Waals surface area contributed by atoms with E-state index in [9.17, 15) is 20.1 Å². The summed E-state index contributed by atoms with van der Waals surface area (Å²) in [7, 11) is 0. The number of amides is 1. The van der Waals surface area contributed by atoms with Gasteiger partial charge in [0.2, 0.25) is 11.7 Å². The summed E-state index contributed by atoms with van der Waals surface area (Å²) in [5.74, 6) is -1.21. The molecule has 1 heterocycles. The van der Waals surface area contributed by atoms with Crippen LogP contribution in [0.5, 0.6) is 17.2 Å². The maximum Gasteiger partial charge on any atom is 0.236 e. The van der Waals surface area contributed by atoms with Crippen molar-refractivity contribution in [3.8, 4) is 17.2 Å². The quantitative estimate of drug-likeness (QED) is 0.615. The van der Waals surface area contributed by atoms with Gasteiger partial charge in [-0.2, -0.15) is 0 Å². The molecule has 110 valence electrons. The van der Waals surface area contributed by atoms with Gasteiger partial charge in [-0.05, 0) is 25.3 Å². The van der Waals surface area contributed by atoms with Crippen LogP contribution < -0.4 is 5.32 Å². The third-order valence-corrected chi connectivity index (χ3v) is 3.51. The lowest BCUT2D eigenvalue weighted by molar-refractivity contribution is -0.131. The Labute approximate surface area is 117 Å². The van der Waals surface area contributed by atoms with Crippen LogP contribution in [0, 0.1) is 0 Å². The van der Waals surface area contributed by atoms with Crippen molar-refractivity contribution in [3.63, 3.8) is 0 Å². The van der Waals surface area contributed by atoms with Gasteiger partial charge in [0.25, 0.3) is 0 Å². The van der Waals surface area contributed by atoms with Crippen LogP contribution >= 0.6 is 0 Å². The molecule has 0 aromatic heterocycles. The van der Waals surface area contributed by atoms with E-state index in [1.807, 2.05) is 4.90 Å². The van der Waals surface area contributed by atoms with Gasteiger partial charge < -0.3 is 25.5 Å². The van der Waals surface area contributed by atoms with Crippen LogP contribution in [0.15, 0.2) is 12.1 Å². The van der Waals surface area contributed by atoms with Crippen molar-refractivity contribution < 1.29 is 20.1 Å². The molecule has 0 atom stereocenters. The highest BCUT2D eigenvalue weighted by Crippen LogP contribution is 2.36. The van der Waals surface area contributed by atoms with E-state index in [2.05, 4.69) is 5.32 Å². The van der Waals surface area contributed by atoms with E-state index in [0.29, 0.717) is 5.56 Å². The molecule has 1 saturated heterocycles. The largest absolute Gasteiger partial charge is 0.504 e. The Morgan fingerprint density at radius 1 is 1.10 bits per heavy atom. The van der Waals surface area contributed by atoms with Gasteiger partial charge in [-0.15, -0.1) is 0 Å². The maximum atomic E-state index is 11.9. The average Bonchev–Trinajstić information content (AvgIpc) is 2.48. The van der Waals surface area contributed by atoms with Crippen molar-refractivity contribution >= 4 is 5.91 Å². The molecule has 4 N–H and O–H groups in total. The van der Waals surface area contributed by atoms with Crippen LogP contribution in [0.25, 0.3) is 0 Å². The smallest absolute Gasteiger partial charge is 0.236 e. The molecule has 0 bridgehead atoms. The minimum Gasteiger partial charge on any atom is -0.504 e. The highest BCUT2D eigenvalue weighted by Gasteiger charge is 2.16. The second kappa shape index (κ2) is 6.47. The fourth-order valence-corrected chi connectivity index (χ4v) is 2.31. The number of carbonyl (C=O) groups excluding carboxylic acids is 1. The third kappa shape index (κ3) is 3.33.